The van der Waals surface area contributed by atoms with E-state index in [9.17, 15) is 0 Å². The largest absolute Gasteiger partial charge is 0.367 e. The number of imidazole rings is 1. The molecule has 1 aliphatic heterocycles. The Balaban J connectivity index is 1.58. The second-order valence-electron chi connectivity index (χ2n) is 8.50. The number of aromatic amines is 2. The molecule has 4 heterocycles. The van der Waals surface area contributed by atoms with Crippen molar-refractivity contribution in [2.45, 2.75) is 13.8 Å². The summed E-state index contributed by atoms with van der Waals surface area (Å²) < 4.78 is 0. The van der Waals surface area contributed by atoms with Crippen LogP contribution in [0.1, 0.15) is 19.5 Å². The van der Waals surface area contributed by atoms with E-state index < -0.39 is 0 Å². The molecule has 3 aromatic heterocycles. The molecule has 5 rings (SSSR count). The Morgan fingerprint density at radius 3 is 2.61 bits per heavy atom. The molecule has 1 aliphatic rings. The van der Waals surface area contributed by atoms with Crippen LogP contribution in [0.4, 0.5) is 5.69 Å². The highest BCUT2D eigenvalue weighted by Gasteiger charge is 2.20. The van der Waals surface area contributed by atoms with Gasteiger partial charge in [-0.25, -0.2) is 9.97 Å². The Bertz CT molecular complexity index is 1380. The van der Waals surface area contributed by atoms with Crippen molar-refractivity contribution in [2.24, 2.45) is 0 Å². The number of nitrogens with zero attached hydrogens (tertiary/aromatic N) is 5. The first-order chi connectivity index (χ1) is 16.1. The minimum absolute atomic E-state index is 0.725. The molecule has 168 valence electrons. The Kier molecular flexibility index (Phi) is 5.56. The second-order valence-corrected chi connectivity index (χ2v) is 8.50. The van der Waals surface area contributed by atoms with Crippen LogP contribution in [0.3, 0.4) is 0 Å². The van der Waals surface area contributed by atoms with Gasteiger partial charge in [-0.2, -0.15) is 5.10 Å². The Labute approximate surface area is 193 Å². The van der Waals surface area contributed by atoms with Crippen LogP contribution >= 0.6 is 0 Å². The number of para-hydroxylation sites is 1. The third kappa shape index (κ3) is 3.85. The van der Waals surface area contributed by atoms with Crippen LogP contribution in [0.5, 0.6) is 0 Å². The molecule has 7 heteroatoms. The number of allylic oxidation sites excluding steroid dienone is 5. The van der Waals surface area contributed by atoms with Gasteiger partial charge < -0.3 is 14.8 Å². The van der Waals surface area contributed by atoms with E-state index >= 15 is 0 Å². The van der Waals surface area contributed by atoms with E-state index in [1.165, 1.54) is 0 Å². The van der Waals surface area contributed by atoms with Gasteiger partial charge in [0.25, 0.3) is 0 Å². The number of benzene rings is 1. The number of nitrogens with one attached hydrogen (secondary N) is 2. The standard InChI is InChI=1S/C26H29N7/c1-5-8-17(3)18(6-2)19-11-12-21-24(27-19)25(31-30-21)26-28-20-9-7-10-22(23(20)29-26)33-15-13-32(4)14-16-33/h5-12H,1,13-16H2,2-4H3,(H,28,29)(H,30,31)/b17-8-,18-6+. The fourth-order valence-electron chi connectivity index (χ4n) is 4.49. The average Bonchev–Trinajstić information content (AvgIpc) is 3.44. The summed E-state index contributed by atoms with van der Waals surface area (Å²) in [5, 5.41) is 7.68. The van der Waals surface area contributed by atoms with Gasteiger partial charge in [-0.15, -0.1) is 0 Å². The average molecular weight is 440 g/mol. The fraction of sp³-hybridized carbons (Fsp3) is 0.269. The molecule has 4 aromatic rings. The lowest BCUT2D eigenvalue weighted by atomic mass is 10.0. The Morgan fingerprint density at radius 2 is 1.85 bits per heavy atom. The molecule has 1 aromatic carbocycles. The van der Waals surface area contributed by atoms with Gasteiger partial charge in [0.15, 0.2) is 11.5 Å². The number of aromatic nitrogens is 5. The van der Waals surface area contributed by atoms with E-state index in [1.54, 1.807) is 6.08 Å². The number of anilines is 1. The van der Waals surface area contributed by atoms with Gasteiger partial charge in [0, 0.05) is 26.2 Å². The summed E-state index contributed by atoms with van der Waals surface area (Å²) in [6.07, 6.45) is 5.87. The van der Waals surface area contributed by atoms with Gasteiger partial charge in [-0.3, -0.25) is 5.10 Å². The first-order valence-corrected chi connectivity index (χ1v) is 11.3. The number of rotatable bonds is 5. The molecule has 0 spiro atoms. The van der Waals surface area contributed by atoms with Gasteiger partial charge in [0.2, 0.25) is 0 Å². The molecule has 0 saturated carbocycles. The molecule has 1 fully saturated rings. The zero-order valence-electron chi connectivity index (χ0n) is 19.4. The minimum Gasteiger partial charge on any atom is -0.367 e. The fourth-order valence-corrected chi connectivity index (χ4v) is 4.49. The van der Waals surface area contributed by atoms with Gasteiger partial charge >= 0.3 is 0 Å². The first-order valence-electron chi connectivity index (χ1n) is 11.3. The minimum atomic E-state index is 0.725. The molecule has 1 saturated heterocycles. The molecule has 0 bridgehead atoms. The van der Waals surface area contributed by atoms with Crippen LogP contribution in [0.25, 0.3) is 39.2 Å². The summed E-state index contributed by atoms with van der Waals surface area (Å²) in [4.78, 5) is 18.2. The van der Waals surface area contributed by atoms with E-state index in [4.69, 9.17) is 9.97 Å². The van der Waals surface area contributed by atoms with E-state index in [0.29, 0.717) is 0 Å². The zero-order valence-corrected chi connectivity index (χ0v) is 19.4. The van der Waals surface area contributed by atoms with Crippen molar-refractivity contribution in [1.82, 2.24) is 30.0 Å². The van der Waals surface area contributed by atoms with Gasteiger partial charge in [0.05, 0.1) is 22.4 Å². The van der Waals surface area contributed by atoms with Crippen LogP contribution < -0.4 is 4.90 Å². The molecule has 7 nitrogen and oxygen atoms in total. The molecule has 0 aliphatic carbocycles. The molecular formula is C26H29N7. The lowest BCUT2D eigenvalue weighted by Crippen LogP contribution is -2.44. The summed E-state index contributed by atoms with van der Waals surface area (Å²) in [5.41, 5.74) is 8.66. The highest BCUT2D eigenvalue weighted by atomic mass is 15.3. The van der Waals surface area contributed by atoms with Crippen molar-refractivity contribution in [3.05, 3.63) is 66.4 Å². The van der Waals surface area contributed by atoms with Crippen molar-refractivity contribution in [1.29, 1.82) is 0 Å². The van der Waals surface area contributed by atoms with Gasteiger partial charge in [0.1, 0.15) is 11.0 Å². The number of piperazine rings is 1. The maximum absolute atomic E-state index is 4.99. The van der Waals surface area contributed by atoms with Crippen LogP contribution in [0, 0.1) is 0 Å². The van der Waals surface area contributed by atoms with Crippen LogP contribution in [0.2, 0.25) is 0 Å². The SMILES string of the molecule is C=C/C=C(C)\C(=C/C)c1ccc2[nH]nc(-c3nc4c(N5CCN(C)CC5)cccc4[nH]3)c2n1. The summed E-state index contributed by atoms with van der Waals surface area (Å²) in [6, 6.07) is 10.4. The summed E-state index contributed by atoms with van der Waals surface area (Å²) >= 11 is 0. The number of hydrogen-bond acceptors (Lipinski definition) is 5. The zero-order chi connectivity index (χ0) is 22.9. The quantitative estimate of drug-likeness (QED) is 0.437. The number of fused-ring (bicyclic) bond motifs is 2. The number of pyridine rings is 1. The second kappa shape index (κ2) is 8.67. The lowest BCUT2D eigenvalue weighted by molar-refractivity contribution is 0.313. The van der Waals surface area contributed by atoms with Crippen molar-refractivity contribution in [2.75, 3.05) is 38.1 Å². The monoisotopic (exact) mass is 439 g/mol. The molecule has 2 N–H and O–H groups in total. The predicted octanol–water partition coefficient (Wildman–Crippen LogP) is 4.79. The molecule has 33 heavy (non-hydrogen) atoms. The predicted molar refractivity (Wildman–Crippen MR) is 136 cm³/mol. The van der Waals surface area contributed by atoms with Crippen LogP contribution in [-0.2, 0) is 0 Å². The number of H-pyrrole nitrogens is 2. The van der Waals surface area contributed by atoms with E-state index in [2.05, 4.69) is 69.8 Å². The van der Waals surface area contributed by atoms with Gasteiger partial charge in [-0.1, -0.05) is 30.9 Å². The van der Waals surface area contributed by atoms with E-state index in [0.717, 1.165) is 82.3 Å². The highest BCUT2D eigenvalue weighted by Crippen LogP contribution is 2.31. The maximum atomic E-state index is 4.99. The maximum Gasteiger partial charge on any atom is 0.161 e. The molecule has 0 radical (unpaired) electrons. The molecular weight excluding hydrogens is 410 g/mol. The Morgan fingerprint density at radius 1 is 1.03 bits per heavy atom. The third-order valence-corrected chi connectivity index (χ3v) is 6.32. The van der Waals surface area contributed by atoms with E-state index in [-0.39, 0.29) is 0 Å². The first kappa shape index (κ1) is 21.2. The third-order valence-electron chi connectivity index (χ3n) is 6.32. The molecule has 0 atom stereocenters. The summed E-state index contributed by atoms with van der Waals surface area (Å²) in [7, 11) is 2.17. The van der Waals surface area contributed by atoms with Crippen molar-refractivity contribution in [3.8, 4) is 11.5 Å². The topological polar surface area (TPSA) is 76.7 Å². The summed E-state index contributed by atoms with van der Waals surface area (Å²) in [5.74, 6) is 0.725. The number of likely N-dealkylation sites (N-methyl/N-ethyl adjacent to an activating group) is 1. The van der Waals surface area contributed by atoms with Crippen LogP contribution in [0.15, 0.2) is 60.7 Å². The number of hydrogen-bond donors (Lipinski definition) is 2. The normalized spacial score (nSPS) is 16.2. The molecule has 0 unspecified atom stereocenters. The molecule has 0 amide bonds. The Hall–Kier alpha value is -3.71. The highest BCUT2D eigenvalue weighted by molar-refractivity contribution is 5.95. The van der Waals surface area contributed by atoms with Crippen LogP contribution in [-0.4, -0.2) is 63.3 Å². The van der Waals surface area contributed by atoms with Crippen molar-refractivity contribution < 1.29 is 0 Å². The van der Waals surface area contributed by atoms with Crippen molar-refractivity contribution in [3.63, 3.8) is 0 Å². The van der Waals surface area contributed by atoms with Gasteiger partial charge in [-0.05, 0) is 56.3 Å². The van der Waals surface area contributed by atoms with Crippen molar-refractivity contribution >= 4 is 33.3 Å². The lowest BCUT2D eigenvalue weighted by Gasteiger charge is -2.34. The van der Waals surface area contributed by atoms with E-state index in [1.807, 2.05) is 25.1 Å². The summed E-state index contributed by atoms with van der Waals surface area (Å²) in [6.45, 7) is 12.0. The smallest absolute Gasteiger partial charge is 0.161 e.